The van der Waals surface area contributed by atoms with Crippen molar-refractivity contribution in [2.75, 3.05) is 0 Å². The molecule has 27 heavy (non-hydrogen) atoms. The predicted molar refractivity (Wildman–Crippen MR) is 103 cm³/mol. The molecule has 1 N–H and O–H groups in total. The quantitative estimate of drug-likeness (QED) is 0.695. The lowest BCUT2D eigenvalue weighted by molar-refractivity contribution is 0.0676. The average Bonchev–Trinajstić information content (AvgIpc) is 2.67. The highest BCUT2D eigenvalue weighted by molar-refractivity contribution is 5.89. The molecule has 0 amide bonds. The summed E-state index contributed by atoms with van der Waals surface area (Å²) >= 11 is 0. The summed E-state index contributed by atoms with van der Waals surface area (Å²) in [6, 6.07) is 20.6. The highest BCUT2D eigenvalue weighted by atomic mass is 16.5. The maximum Gasteiger partial charge on any atom is 0.356 e. The molecule has 0 saturated heterocycles. The normalized spacial score (nSPS) is 10.6. The first-order chi connectivity index (χ1) is 13.1. The van der Waals surface area contributed by atoms with Gasteiger partial charge in [0.1, 0.15) is 6.61 Å². The Labute approximate surface area is 157 Å². The molecule has 5 heteroatoms. The molecule has 0 saturated carbocycles. The first-order valence-corrected chi connectivity index (χ1v) is 8.74. The van der Waals surface area contributed by atoms with Gasteiger partial charge in [-0.3, -0.25) is 4.79 Å². The minimum Gasteiger partial charge on any atom is -0.482 e. The molecular weight excluding hydrogens is 342 g/mol. The predicted octanol–water partition coefficient (Wildman–Crippen LogP) is 3.68. The van der Waals surface area contributed by atoms with E-state index in [2.05, 4.69) is 0 Å². The number of pyridine rings is 1. The van der Waals surface area contributed by atoms with E-state index >= 15 is 0 Å². The van der Waals surface area contributed by atoms with Crippen molar-refractivity contribution in [3.63, 3.8) is 0 Å². The van der Waals surface area contributed by atoms with Crippen LogP contribution in [0.5, 0.6) is 5.75 Å². The van der Waals surface area contributed by atoms with Gasteiger partial charge in [-0.05, 0) is 24.5 Å². The summed E-state index contributed by atoms with van der Waals surface area (Å²) in [5.41, 5.74) is 2.03. The Hall–Kier alpha value is -3.34. The van der Waals surface area contributed by atoms with Crippen LogP contribution in [-0.2, 0) is 19.6 Å². The van der Waals surface area contributed by atoms with Crippen LogP contribution in [0.25, 0.3) is 0 Å². The van der Waals surface area contributed by atoms with Crippen molar-refractivity contribution in [2.24, 2.45) is 0 Å². The van der Waals surface area contributed by atoms with E-state index in [1.165, 1.54) is 6.07 Å². The van der Waals surface area contributed by atoms with E-state index in [9.17, 15) is 14.7 Å². The Morgan fingerprint density at radius 2 is 1.59 bits per heavy atom. The third-order valence-electron chi connectivity index (χ3n) is 4.37. The second-order valence-corrected chi connectivity index (χ2v) is 6.29. The number of benzene rings is 2. The standard InChI is InChI=1S/C22H21NO4/c1-16-14-19(24)21(27-15-18-10-6-3-7-11-18)20(22(25)26)23(16)13-12-17-8-4-2-5-9-17/h2-11,14H,12-13,15H2,1H3,(H,25,26). The highest BCUT2D eigenvalue weighted by Crippen LogP contribution is 2.18. The fourth-order valence-electron chi connectivity index (χ4n) is 3.00. The van der Waals surface area contributed by atoms with Gasteiger partial charge >= 0.3 is 5.97 Å². The molecule has 0 spiro atoms. The van der Waals surface area contributed by atoms with Crippen molar-refractivity contribution in [3.05, 3.63) is 99.5 Å². The first kappa shape index (κ1) is 18.5. The van der Waals surface area contributed by atoms with Crippen molar-refractivity contribution >= 4 is 5.97 Å². The maximum absolute atomic E-state index is 12.4. The number of aryl methyl sites for hydroxylation is 2. The summed E-state index contributed by atoms with van der Waals surface area (Å²) in [5, 5.41) is 9.75. The number of ether oxygens (including phenoxy) is 1. The second kappa shape index (κ2) is 8.36. The van der Waals surface area contributed by atoms with Gasteiger partial charge in [0.2, 0.25) is 5.43 Å². The fraction of sp³-hybridized carbons (Fsp3) is 0.182. The zero-order valence-corrected chi connectivity index (χ0v) is 15.1. The van der Waals surface area contributed by atoms with Gasteiger partial charge in [0, 0.05) is 18.3 Å². The molecule has 0 aliphatic rings. The van der Waals surface area contributed by atoms with Crippen molar-refractivity contribution in [3.8, 4) is 5.75 Å². The summed E-state index contributed by atoms with van der Waals surface area (Å²) < 4.78 is 7.28. The average molecular weight is 363 g/mol. The monoisotopic (exact) mass is 363 g/mol. The Kier molecular flexibility index (Phi) is 5.71. The van der Waals surface area contributed by atoms with Crippen LogP contribution in [0.15, 0.2) is 71.5 Å². The fourth-order valence-corrected chi connectivity index (χ4v) is 3.00. The Balaban J connectivity index is 1.92. The van der Waals surface area contributed by atoms with Gasteiger partial charge in [-0.2, -0.15) is 0 Å². The summed E-state index contributed by atoms with van der Waals surface area (Å²) in [5.74, 6) is -1.29. The van der Waals surface area contributed by atoms with Gasteiger partial charge in [-0.1, -0.05) is 60.7 Å². The number of carbonyl (C=O) groups is 1. The van der Waals surface area contributed by atoms with E-state index in [-0.39, 0.29) is 18.1 Å². The number of hydrogen-bond donors (Lipinski definition) is 1. The number of aromatic carboxylic acids is 1. The lowest BCUT2D eigenvalue weighted by Crippen LogP contribution is -2.23. The molecule has 0 radical (unpaired) electrons. The third kappa shape index (κ3) is 4.44. The molecule has 3 aromatic rings. The zero-order valence-electron chi connectivity index (χ0n) is 15.1. The molecule has 0 fully saturated rings. The van der Waals surface area contributed by atoms with E-state index in [0.717, 1.165) is 11.1 Å². The molecule has 1 aromatic heterocycles. The van der Waals surface area contributed by atoms with Crippen molar-refractivity contribution in [1.82, 2.24) is 4.57 Å². The van der Waals surface area contributed by atoms with Crippen molar-refractivity contribution in [1.29, 1.82) is 0 Å². The van der Waals surface area contributed by atoms with Crippen LogP contribution in [0, 0.1) is 6.92 Å². The van der Waals surface area contributed by atoms with E-state index < -0.39 is 11.4 Å². The second-order valence-electron chi connectivity index (χ2n) is 6.29. The van der Waals surface area contributed by atoms with Crippen LogP contribution in [-0.4, -0.2) is 15.6 Å². The smallest absolute Gasteiger partial charge is 0.356 e. The summed E-state index contributed by atoms with van der Waals surface area (Å²) in [4.78, 5) is 24.3. The molecule has 0 unspecified atom stereocenters. The molecule has 5 nitrogen and oxygen atoms in total. The molecular formula is C22H21NO4. The number of aromatic nitrogens is 1. The molecule has 0 bridgehead atoms. The van der Waals surface area contributed by atoms with E-state index in [1.54, 1.807) is 11.5 Å². The van der Waals surface area contributed by atoms with Crippen LogP contribution in [0.2, 0.25) is 0 Å². The van der Waals surface area contributed by atoms with Crippen LogP contribution >= 0.6 is 0 Å². The number of nitrogens with zero attached hydrogens (tertiary/aromatic N) is 1. The van der Waals surface area contributed by atoms with Crippen molar-refractivity contribution in [2.45, 2.75) is 26.5 Å². The summed E-state index contributed by atoms with van der Waals surface area (Å²) in [6.07, 6.45) is 0.656. The van der Waals surface area contributed by atoms with Crippen LogP contribution < -0.4 is 10.2 Å². The molecule has 0 aliphatic carbocycles. The molecule has 0 aliphatic heterocycles. The van der Waals surface area contributed by atoms with E-state index in [1.807, 2.05) is 60.7 Å². The minimum atomic E-state index is -1.17. The molecule has 2 aromatic carbocycles. The van der Waals surface area contributed by atoms with Crippen LogP contribution in [0.4, 0.5) is 0 Å². The maximum atomic E-state index is 12.4. The largest absolute Gasteiger partial charge is 0.482 e. The van der Waals surface area contributed by atoms with Gasteiger partial charge in [0.25, 0.3) is 0 Å². The van der Waals surface area contributed by atoms with Gasteiger partial charge in [0.05, 0.1) is 0 Å². The minimum absolute atomic E-state index is 0.105. The first-order valence-electron chi connectivity index (χ1n) is 8.74. The molecule has 3 rings (SSSR count). The number of rotatable bonds is 7. The topological polar surface area (TPSA) is 68.5 Å². The highest BCUT2D eigenvalue weighted by Gasteiger charge is 2.21. The van der Waals surface area contributed by atoms with Crippen LogP contribution in [0.1, 0.15) is 27.3 Å². The lowest BCUT2D eigenvalue weighted by Gasteiger charge is -2.18. The molecule has 1 heterocycles. The van der Waals surface area contributed by atoms with Gasteiger partial charge < -0.3 is 14.4 Å². The van der Waals surface area contributed by atoms with Gasteiger partial charge in [0.15, 0.2) is 11.4 Å². The van der Waals surface area contributed by atoms with E-state index in [0.29, 0.717) is 18.7 Å². The number of hydrogen-bond acceptors (Lipinski definition) is 3. The number of carboxylic acids is 1. The Morgan fingerprint density at radius 3 is 2.19 bits per heavy atom. The lowest BCUT2D eigenvalue weighted by atomic mass is 10.1. The van der Waals surface area contributed by atoms with Gasteiger partial charge in [-0.25, -0.2) is 4.79 Å². The summed E-state index contributed by atoms with van der Waals surface area (Å²) in [7, 11) is 0. The third-order valence-corrected chi connectivity index (χ3v) is 4.37. The number of carboxylic acid groups (broad SMARTS) is 1. The molecule has 138 valence electrons. The SMILES string of the molecule is Cc1cc(=O)c(OCc2ccccc2)c(C(=O)O)n1CCc1ccccc1. The Morgan fingerprint density at radius 1 is 1.00 bits per heavy atom. The Bertz CT molecular complexity index is 978. The van der Waals surface area contributed by atoms with Crippen LogP contribution in [0.3, 0.4) is 0 Å². The zero-order chi connectivity index (χ0) is 19.2. The summed E-state index contributed by atoms with van der Waals surface area (Å²) in [6.45, 7) is 2.32. The molecule has 0 atom stereocenters. The van der Waals surface area contributed by atoms with E-state index in [4.69, 9.17) is 4.74 Å². The van der Waals surface area contributed by atoms with Gasteiger partial charge in [-0.15, -0.1) is 0 Å². The van der Waals surface area contributed by atoms with Crippen molar-refractivity contribution < 1.29 is 14.6 Å².